The number of nitrogen functional groups attached to an aromatic ring is 1. The van der Waals surface area contributed by atoms with Crippen molar-refractivity contribution in [2.24, 2.45) is 0 Å². The molecular formula is C13H11BrN2O2S. The van der Waals surface area contributed by atoms with Crippen molar-refractivity contribution in [2.45, 2.75) is 9.92 Å². The van der Waals surface area contributed by atoms with Crippen LogP contribution >= 0.6 is 27.7 Å². The predicted molar refractivity (Wildman–Crippen MR) is 78.3 cm³/mol. The number of nitrogens with two attached hydrogens (primary N) is 1. The predicted octanol–water partition coefficient (Wildman–Crippen LogP) is 3.36. The van der Waals surface area contributed by atoms with Crippen molar-refractivity contribution in [3.63, 3.8) is 0 Å². The molecule has 0 atom stereocenters. The third kappa shape index (κ3) is 3.48. The number of aromatic nitrogens is 1. The monoisotopic (exact) mass is 338 g/mol. The van der Waals surface area contributed by atoms with E-state index in [0.717, 1.165) is 9.37 Å². The summed E-state index contributed by atoms with van der Waals surface area (Å²) in [6, 6.07) is 11.0. The van der Waals surface area contributed by atoms with E-state index < -0.39 is 5.97 Å². The lowest BCUT2D eigenvalue weighted by Gasteiger charge is -2.06. The molecule has 0 aliphatic rings. The van der Waals surface area contributed by atoms with Crippen molar-refractivity contribution in [3.8, 4) is 0 Å². The number of anilines is 1. The average Bonchev–Trinajstić information content (AvgIpc) is 2.40. The number of pyridine rings is 1. The molecule has 1 heterocycles. The van der Waals surface area contributed by atoms with Crippen molar-refractivity contribution in [2.75, 3.05) is 12.8 Å². The molecule has 0 aliphatic carbocycles. The molecule has 98 valence electrons. The topological polar surface area (TPSA) is 65.2 Å². The van der Waals surface area contributed by atoms with E-state index in [-0.39, 0.29) is 5.69 Å². The number of carbonyl (C=O) groups is 1. The highest BCUT2D eigenvalue weighted by Crippen LogP contribution is 2.31. The van der Waals surface area contributed by atoms with Gasteiger partial charge in [0.15, 0.2) is 0 Å². The summed E-state index contributed by atoms with van der Waals surface area (Å²) in [4.78, 5) is 16.6. The zero-order chi connectivity index (χ0) is 13.8. The van der Waals surface area contributed by atoms with Crippen molar-refractivity contribution >= 4 is 39.3 Å². The molecule has 2 aromatic rings. The zero-order valence-electron chi connectivity index (χ0n) is 10.1. The lowest BCUT2D eigenvalue weighted by Crippen LogP contribution is -2.05. The van der Waals surface area contributed by atoms with Gasteiger partial charge in [0.25, 0.3) is 0 Å². The first-order chi connectivity index (χ1) is 9.10. The standard InChI is InChI=1S/C13H11BrN2O2S/c1-18-13(17)11-6-5-10(15)12(16-11)19-9-4-2-3-8(14)7-9/h2-7H,15H2,1H3. The van der Waals surface area contributed by atoms with Crippen LogP contribution < -0.4 is 5.73 Å². The van der Waals surface area contributed by atoms with E-state index in [9.17, 15) is 4.79 Å². The molecule has 0 spiro atoms. The number of hydrogen-bond donors (Lipinski definition) is 1. The zero-order valence-corrected chi connectivity index (χ0v) is 12.5. The van der Waals surface area contributed by atoms with Crippen LogP contribution in [0.1, 0.15) is 10.5 Å². The third-order valence-corrected chi connectivity index (χ3v) is 3.80. The van der Waals surface area contributed by atoms with Gasteiger partial charge in [0.1, 0.15) is 10.7 Å². The van der Waals surface area contributed by atoms with Gasteiger partial charge in [0.05, 0.1) is 12.8 Å². The van der Waals surface area contributed by atoms with Crippen LogP contribution in [0.5, 0.6) is 0 Å². The van der Waals surface area contributed by atoms with Crippen LogP contribution in [0.3, 0.4) is 0 Å². The highest BCUT2D eigenvalue weighted by molar-refractivity contribution is 9.10. The Bertz CT molecular complexity index is 619. The molecule has 1 aromatic heterocycles. The first kappa shape index (κ1) is 13.9. The Morgan fingerprint density at radius 2 is 2.16 bits per heavy atom. The summed E-state index contributed by atoms with van der Waals surface area (Å²) in [6.45, 7) is 0. The number of hydrogen-bond acceptors (Lipinski definition) is 5. The number of methoxy groups -OCH3 is 1. The summed E-state index contributed by atoms with van der Waals surface area (Å²) < 4.78 is 5.61. The lowest BCUT2D eigenvalue weighted by atomic mass is 10.3. The number of halogens is 1. The highest BCUT2D eigenvalue weighted by Gasteiger charge is 2.11. The molecule has 6 heteroatoms. The summed E-state index contributed by atoms with van der Waals surface area (Å²) in [5, 5.41) is 0.584. The minimum absolute atomic E-state index is 0.245. The minimum Gasteiger partial charge on any atom is -0.464 e. The van der Waals surface area contributed by atoms with Gasteiger partial charge >= 0.3 is 5.97 Å². The van der Waals surface area contributed by atoms with Crippen LogP contribution in [0.2, 0.25) is 0 Å². The van der Waals surface area contributed by atoms with Gasteiger partial charge in [-0.05, 0) is 30.3 Å². The Morgan fingerprint density at radius 1 is 1.37 bits per heavy atom. The second-order valence-electron chi connectivity index (χ2n) is 3.64. The first-order valence-electron chi connectivity index (χ1n) is 5.38. The van der Waals surface area contributed by atoms with Gasteiger partial charge < -0.3 is 10.5 Å². The fourth-order valence-corrected chi connectivity index (χ4v) is 2.83. The molecule has 0 fully saturated rings. The van der Waals surface area contributed by atoms with Crippen molar-refractivity contribution in [1.82, 2.24) is 4.98 Å². The maximum atomic E-state index is 11.4. The van der Waals surface area contributed by atoms with Gasteiger partial charge in [-0.1, -0.05) is 33.8 Å². The Morgan fingerprint density at radius 3 is 2.84 bits per heavy atom. The van der Waals surface area contributed by atoms with Gasteiger partial charge in [-0.15, -0.1) is 0 Å². The maximum Gasteiger partial charge on any atom is 0.356 e. The van der Waals surface area contributed by atoms with Crippen LogP contribution in [0.4, 0.5) is 5.69 Å². The summed E-state index contributed by atoms with van der Waals surface area (Å²) in [5.74, 6) is -0.476. The fraction of sp³-hybridized carbons (Fsp3) is 0.0769. The summed E-state index contributed by atoms with van der Waals surface area (Å²) in [7, 11) is 1.32. The molecule has 0 bridgehead atoms. The minimum atomic E-state index is -0.476. The number of carbonyl (C=O) groups excluding carboxylic acids is 1. The van der Waals surface area contributed by atoms with Crippen molar-refractivity contribution in [3.05, 3.63) is 46.6 Å². The molecule has 0 saturated carbocycles. The third-order valence-electron chi connectivity index (χ3n) is 2.29. The van der Waals surface area contributed by atoms with Crippen LogP contribution in [0.25, 0.3) is 0 Å². The van der Waals surface area contributed by atoms with Crippen molar-refractivity contribution < 1.29 is 9.53 Å². The number of ether oxygens (including phenoxy) is 1. The van der Waals surface area contributed by atoms with E-state index in [4.69, 9.17) is 5.73 Å². The number of benzene rings is 1. The molecule has 0 aliphatic heterocycles. The molecule has 1 aromatic carbocycles. The van der Waals surface area contributed by atoms with E-state index in [1.54, 1.807) is 12.1 Å². The molecule has 2 N–H and O–H groups in total. The molecule has 0 saturated heterocycles. The molecule has 0 unspecified atom stereocenters. The molecule has 4 nitrogen and oxygen atoms in total. The highest BCUT2D eigenvalue weighted by atomic mass is 79.9. The van der Waals surface area contributed by atoms with E-state index in [1.807, 2.05) is 24.3 Å². The van der Waals surface area contributed by atoms with Gasteiger partial charge in [-0.2, -0.15) is 0 Å². The summed E-state index contributed by atoms with van der Waals surface area (Å²) >= 11 is 4.80. The summed E-state index contributed by atoms with van der Waals surface area (Å²) in [5.41, 5.74) is 6.64. The number of rotatable bonds is 3. The quantitative estimate of drug-likeness (QED) is 0.869. The SMILES string of the molecule is COC(=O)c1ccc(N)c(Sc2cccc(Br)c2)n1. The Kier molecular flexibility index (Phi) is 4.44. The Hall–Kier alpha value is -1.53. The second-order valence-corrected chi connectivity index (χ2v) is 5.62. The average molecular weight is 339 g/mol. The van der Waals surface area contributed by atoms with Gasteiger partial charge in [-0.3, -0.25) is 0 Å². The Labute approximate surface area is 123 Å². The fourth-order valence-electron chi connectivity index (χ4n) is 1.39. The number of nitrogens with zero attached hydrogens (tertiary/aromatic N) is 1. The molecular weight excluding hydrogens is 328 g/mol. The Balaban J connectivity index is 2.31. The lowest BCUT2D eigenvalue weighted by molar-refractivity contribution is 0.0593. The van der Waals surface area contributed by atoms with Crippen LogP contribution in [0.15, 0.2) is 50.8 Å². The number of esters is 1. The first-order valence-corrected chi connectivity index (χ1v) is 6.99. The van der Waals surface area contributed by atoms with E-state index in [0.29, 0.717) is 10.7 Å². The van der Waals surface area contributed by atoms with E-state index in [2.05, 4.69) is 25.7 Å². The molecule has 0 amide bonds. The molecule has 0 radical (unpaired) electrons. The van der Waals surface area contributed by atoms with Crippen LogP contribution in [-0.2, 0) is 4.74 Å². The smallest absolute Gasteiger partial charge is 0.356 e. The van der Waals surface area contributed by atoms with E-state index >= 15 is 0 Å². The largest absolute Gasteiger partial charge is 0.464 e. The molecule has 2 rings (SSSR count). The maximum absolute atomic E-state index is 11.4. The van der Waals surface area contributed by atoms with Gasteiger partial charge in [-0.25, -0.2) is 9.78 Å². The van der Waals surface area contributed by atoms with Crippen LogP contribution in [-0.4, -0.2) is 18.1 Å². The van der Waals surface area contributed by atoms with Gasteiger partial charge in [0.2, 0.25) is 0 Å². The normalized spacial score (nSPS) is 10.2. The van der Waals surface area contributed by atoms with E-state index in [1.165, 1.54) is 18.9 Å². The van der Waals surface area contributed by atoms with Gasteiger partial charge in [0, 0.05) is 9.37 Å². The van der Waals surface area contributed by atoms with Crippen molar-refractivity contribution in [1.29, 1.82) is 0 Å². The molecule has 19 heavy (non-hydrogen) atoms. The second kappa shape index (κ2) is 6.08. The van der Waals surface area contributed by atoms with Crippen LogP contribution in [0, 0.1) is 0 Å². The summed E-state index contributed by atoms with van der Waals surface area (Å²) in [6.07, 6.45) is 0.